The number of carbonyl (C=O) groups excluding carboxylic acids is 1. The van der Waals surface area contributed by atoms with Crippen molar-refractivity contribution in [1.29, 1.82) is 0 Å². The van der Waals surface area contributed by atoms with Gasteiger partial charge in [-0.25, -0.2) is 9.97 Å². The molecule has 4 heterocycles. The Morgan fingerprint density at radius 2 is 2.00 bits per heavy atom. The molecule has 132 valence electrons. The molecule has 0 N–H and O–H groups in total. The first-order valence-corrected chi connectivity index (χ1v) is 9.30. The van der Waals surface area contributed by atoms with Crippen LogP contribution in [0, 0.1) is 0 Å². The maximum Gasteiger partial charge on any atom is 0.257 e. The summed E-state index contributed by atoms with van der Waals surface area (Å²) >= 11 is 0. The van der Waals surface area contributed by atoms with Crippen molar-refractivity contribution in [2.75, 3.05) is 24.5 Å². The molecule has 25 heavy (non-hydrogen) atoms. The van der Waals surface area contributed by atoms with E-state index in [-0.39, 0.29) is 5.91 Å². The maximum absolute atomic E-state index is 13.0. The zero-order valence-electron chi connectivity index (χ0n) is 14.8. The molecule has 0 aliphatic carbocycles. The number of pyridine rings is 1. The Hall–Kier alpha value is -2.37. The van der Waals surface area contributed by atoms with Crippen LogP contribution in [0.4, 0.5) is 5.82 Å². The number of likely N-dealkylation sites (tertiary alicyclic amines) is 1. The molecule has 6 heteroatoms. The minimum absolute atomic E-state index is 0.118. The predicted molar refractivity (Wildman–Crippen MR) is 96.6 cm³/mol. The maximum atomic E-state index is 13.0. The molecule has 6 nitrogen and oxygen atoms in total. The van der Waals surface area contributed by atoms with Crippen LogP contribution in [0.25, 0.3) is 0 Å². The fraction of sp³-hybridized carbons (Fsp3) is 0.526. The van der Waals surface area contributed by atoms with E-state index in [0.717, 1.165) is 69.1 Å². The van der Waals surface area contributed by atoms with Crippen LogP contribution >= 0.6 is 0 Å². The van der Waals surface area contributed by atoms with Crippen LogP contribution in [-0.2, 0) is 19.5 Å². The van der Waals surface area contributed by atoms with E-state index in [1.807, 2.05) is 23.4 Å². The number of anilines is 1. The van der Waals surface area contributed by atoms with Gasteiger partial charge in [0, 0.05) is 44.5 Å². The Bertz CT molecular complexity index is 763. The highest BCUT2D eigenvalue weighted by atomic mass is 16.2. The molecule has 4 rings (SSSR count). The predicted octanol–water partition coefficient (Wildman–Crippen LogP) is 2.49. The van der Waals surface area contributed by atoms with Gasteiger partial charge < -0.3 is 14.4 Å². The summed E-state index contributed by atoms with van der Waals surface area (Å²) in [5, 5.41) is 0. The zero-order valence-corrected chi connectivity index (χ0v) is 14.8. The number of fused-ring (bicyclic) bond motifs is 1. The molecule has 0 bridgehead atoms. The second kappa shape index (κ2) is 6.86. The summed E-state index contributed by atoms with van der Waals surface area (Å²) in [7, 11) is 0. The third kappa shape index (κ3) is 3.01. The van der Waals surface area contributed by atoms with E-state index in [1.54, 1.807) is 6.20 Å². The third-order valence-electron chi connectivity index (χ3n) is 5.29. The molecule has 0 saturated carbocycles. The lowest BCUT2D eigenvalue weighted by atomic mass is 10.1. The third-order valence-corrected chi connectivity index (χ3v) is 5.29. The molecule has 0 unspecified atom stereocenters. The van der Waals surface area contributed by atoms with Gasteiger partial charge in [0.15, 0.2) is 0 Å². The van der Waals surface area contributed by atoms with Crippen LogP contribution in [0.2, 0.25) is 0 Å². The Morgan fingerprint density at radius 3 is 2.80 bits per heavy atom. The molecule has 2 aromatic rings. The van der Waals surface area contributed by atoms with E-state index in [4.69, 9.17) is 0 Å². The van der Waals surface area contributed by atoms with Gasteiger partial charge in [-0.05, 0) is 38.3 Å². The molecular formula is C19H25N5O. The Labute approximate surface area is 148 Å². The summed E-state index contributed by atoms with van der Waals surface area (Å²) in [5.74, 6) is 0.919. The van der Waals surface area contributed by atoms with Crippen LogP contribution in [0.1, 0.15) is 47.9 Å². The Morgan fingerprint density at radius 1 is 1.16 bits per heavy atom. The van der Waals surface area contributed by atoms with Gasteiger partial charge in [-0.1, -0.05) is 0 Å². The van der Waals surface area contributed by atoms with Gasteiger partial charge in [0.1, 0.15) is 5.82 Å². The summed E-state index contributed by atoms with van der Waals surface area (Å²) in [4.78, 5) is 26.3. The number of carbonyl (C=O) groups is 1. The number of amides is 1. The van der Waals surface area contributed by atoms with Crippen LogP contribution in [0.3, 0.4) is 0 Å². The summed E-state index contributed by atoms with van der Waals surface area (Å²) in [6.45, 7) is 6.40. The number of piperidine rings is 1. The number of aryl methyl sites for hydroxylation is 1. The highest BCUT2D eigenvalue weighted by molar-refractivity contribution is 5.99. The molecule has 2 aliphatic rings. The Kier molecular flexibility index (Phi) is 4.42. The SMILES string of the molecule is CCn1cnc2c1CCN(c1ncccc1C(=O)N1CCCCC1)C2. The van der Waals surface area contributed by atoms with Gasteiger partial charge in [-0.3, -0.25) is 4.79 Å². The van der Waals surface area contributed by atoms with Gasteiger partial charge in [-0.15, -0.1) is 0 Å². The number of hydrogen-bond donors (Lipinski definition) is 0. The van der Waals surface area contributed by atoms with Gasteiger partial charge in [0.05, 0.1) is 24.1 Å². The van der Waals surface area contributed by atoms with E-state index in [2.05, 4.69) is 26.4 Å². The number of nitrogens with zero attached hydrogens (tertiary/aromatic N) is 5. The van der Waals surface area contributed by atoms with Crippen molar-refractivity contribution in [2.24, 2.45) is 0 Å². The topological polar surface area (TPSA) is 54.3 Å². The van der Waals surface area contributed by atoms with E-state index in [9.17, 15) is 4.79 Å². The second-order valence-electron chi connectivity index (χ2n) is 6.82. The largest absolute Gasteiger partial charge is 0.350 e. The zero-order chi connectivity index (χ0) is 17.2. The van der Waals surface area contributed by atoms with Crippen LogP contribution in [-0.4, -0.2) is 45.0 Å². The fourth-order valence-corrected chi connectivity index (χ4v) is 3.91. The number of rotatable bonds is 3. The highest BCUT2D eigenvalue weighted by Crippen LogP contribution is 2.26. The van der Waals surface area contributed by atoms with Gasteiger partial charge in [0.25, 0.3) is 5.91 Å². The molecule has 0 radical (unpaired) electrons. The second-order valence-corrected chi connectivity index (χ2v) is 6.82. The van der Waals surface area contributed by atoms with Crippen molar-refractivity contribution >= 4 is 11.7 Å². The molecule has 1 saturated heterocycles. The van der Waals surface area contributed by atoms with Crippen molar-refractivity contribution in [2.45, 2.75) is 45.7 Å². The Balaban J connectivity index is 1.60. The first-order chi connectivity index (χ1) is 12.3. The van der Waals surface area contributed by atoms with Crippen molar-refractivity contribution in [3.05, 3.63) is 41.6 Å². The lowest BCUT2D eigenvalue weighted by Gasteiger charge is -2.31. The molecule has 0 aromatic carbocycles. The molecule has 1 amide bonds. The molecule has 0 spiro atoms. The van der Waals surface area contributed by atoms with E-state index < -0.39 is 0 Å². The first-order valence-electron chi connectivity index (χ1n) is 9.30. The molecule has 2 aliphatic heterocycles. The summed E-state index contributed by atoms with van der Waals surface area (Å²) in [6, 6.07) is 3.78. The summed E-state index contributed by atoms with van der Waals surface area (Å²) < 4.78 is 2.21. The van der Waals surface area contributed by atoms with Crippen LogP contribution < -0.4 is 4.90 Å². The quantitative estimate of drug-likeness (QED) is 0.862. The number of imidazole rings is 1. The minimum atomic E-state index is 0.118. The van der Waals surface area contributed by atoms with Crippen molar-refractivity contribution in [3.63, 3.8) is 0 Å². The number of hydrogen-bond acceptors (Lipinski definition) is 4. The first kappa shape index (κ1) is 16.1. The van der Waals surface area contributed by atoms with Crippen LogP contribution in [0.5, 0.6) is 0 Å². The fourth-order valence-electron chi connectivity index (χ4n) is 3.91. The number of aromatic nitrogens is 3. The molecule has 0 atom stereocenters. The van der Waals surface area contributed by atoms with Gasteiger partial charge in [-0.2, -0.15) is 0 Å². The van der Waals surface area contributed by atoms with Crippen molar-refractivity contribution < 1.29 is 4.79 Å². The lowest BCUT2D eigenvalue weighted by molar-refractivity contribution is 0.0724. The molecule has 2 aromatic heterocycles. The van der Waals surface area contributed by atoms with Crippen molar-refractivity contribution in [3.8, 4) is 0 Å². The monoisotopic (exact) mass is 339 g/mol. The van der Waals surface area contributed by atoms with Gasteiger partial charge >= 0.3 is 0 Å². The van der Waals surface area contributed by atoms with Crippen LogP contribution in [0.15, 0.2) is 24.7 Å². The average Bonchev–Trinajstić information content (AvgIpc) is 3.10. The minimum Gasteiger partial charge on any atom is -0.350 e. The summed E-state index contributed by atoms with van der Waals surface area (Å²) in [5.41, 5.74) is 3.15. The molecule has 1 fully saturated rings. The van der Waals surface area contributed by atoms with Crippen molar-refractivity contribution in [1.82, 2.24) is 19.4 Å². The highest BCUT2D eigenvalue weighted by Gasteiger charge is 2.27. The van der Waals surface area contributed by atoms with E-state index in [1.165, 1.54) is 12.1 Å². The normalized spacial score (nSPS) is 17.5. The van der Waals surface area contributed by atoms with Gasteiger partial charge in [0.2, 0.25) is 0 Å². The summed E-state index contributed by atoms with van der Waals surface area (Å²) in [6.07, 6.45) is 8.07. The van der Waals surface area contributed by atoms with E-state index >= 15 is 0 Å². The molecular weight excluding hydrogens is 314 g/mol. The standard InChI is InChI=1S/C19H25N5O/c1-2-22-14-21-16-13-24(12-8-17(16)22)18-15(7-6-9-20-18)19(25)23-10-4-3-5-11-23/h6-7,9,14H,2-5,8,10-13H2,1H3. The average molecular weight is 339 g/mol. The smallest absolute Gasteiger partial charge is 0.257 e. The van der Waals surface area contributed by atoms with E-state index in [0.29, 0.717) is 0 Å². The lowest BCUT2D eigenvalue weighted by Crippen LogP contribution is -2.38.